The predicted octanol–water partition coefficient (Wildman–Crippen LogP) is 3.06. The fourth-order valence-electron chi connectivity index (χ4n) is 1.98. The maximum Gasteiger partial charge on any atom is 0.325 e. The minimum Gasteiger partial charge on any atom is -0.494 e. The van der Waals surface area contributed by atoms with Crippen LogP contribution in [0.3, 0.4) is 0 Å². The molecular weight excluding hydrogens is 320 g/mol. The van der Waals surface area contributed by atoms with Crippen LogP contribution in [-0.2, 0) is 9.53 Å². The van der Waals surface area contributed by atoms with Crippen LogP contribution < -0.4 is 10.1 Å². The first-order valence-corrected chi connectivity index (χ1v) is 8.16. The summed E-state index contributed by atoms with van der Waals surface area (Å²) in [5.74, 6) is -0.636. The molecule has 0 aliphatic heterocycles. The highest BCUT2D eigenvalue weighted by atomic mass is 16.5. The van der Waals surface area contributed by atoms with E-state index in [2.05, 4.69) is 30.2 Å². The Hall–Kier alpha value is -2.63. The number of carbonyl (C=O) groups excluding carboxylic acids is 2. The van der Waals surface area contributed by atoms with Gasteiger partial charge in [-0.2, -0.15) is 0 Å². The number of rotatable bonds is 9. The lowest BCUT2D eigenvalue weighted by Gasteiger charge is -2.08. The van der Waals surface area contributed by atoms with Crippen molar-refractivity contribution >= 4 is 11.9 Å². The molecule has 0 fully saturated rings. The summed E-state index contributed by atoms with van der Waals surface area (Å²) >= 11 is 0. The third kappa shape index (κ3) is 8.15. The van der Waals surface area contributed by atoms with E-state index in [9.17, 15) is 9.59 Å². The van der Waals surface area contributed by atoms with E-state index in [0.717, 1.165) is 18.4 Å². The molecule has 0 spiro atoms. The van der Waals surface area contributed by atoms with Gasteiger partial charge in [0.15, 0.2) is 5.69 Å². The molecule has 0 radical (unpaired) electrons. The van der Waals surface area contributed by atoms with Gasteiger partial charge in [-0.25, -0.2) is 4.98 Å². The Morgan fingerprint density at radius 3 is 2.68 bits per heavy atom. The van der Waals surface area contributed by atoms with Crippen molar-refractivity contribution < 1.29 is 19.1 Å². The minimum atomic E-state index is -0.503. The summed E-state index contributed by atoms with van der Waals surface area (Å²) in [7, 11) is 1.45. The molecule has 1 N–H and O–H groups in total. The van der Waals surface area contributed by atoms with Crippen molar-refractivity contribution in [1.29, 1.82) is 0 Å². The van der Waals surface area contributed by atoms with E-state index in [0.29, 0.717) is 5.75 Å². The average molecular weight is 346 g/mol. The van der Waals surface area contributed by atoms with Crippen LogP contribution in [0.15, 0.2) is 41.6 Å². The van der Waals surface area contributed by atoms with Crippen LogP contribution in [0.2, 0.25) is 0 Å². The highest BCUT2D eigenvalue weighted by molar-refractivity contribution is 5.96. The van der Waals surface area contributed by atoms with E-state index in [4.69, 9.17) is 9.47 Å². The standard InChI is InChI=1S/C19H26N2O4/c1-14(2)7-5-8-15(3)10-12-25-17(22)13-21-19(23)18-16(24-4)9-6-11-20-18/h6-7,9-11H,5,8,12-13H2,1-4H3,(H,21,23)/b15-10+. The van der Waals surface area contributed by atoms with Gasteiger partial charge in [0.1, 0.15) is 18.9 Å². The van der Waals surface area contributed by atoms with Crippen molar-refractivity contribution in [1.82, 2.24) is 10.3 Å². The van der Waals surface area contributed by atoms with Gasteiger partial charge in [-0.1, -0.05) is 17.2 Å². The number of esters is 1. The van der Waals surface area contributed by atoms with Crippen LogP contribution in [0.1, 0.15) is 44.1 Å². The summed E-state index contributed by atoms with van der Waals surface area (Å²) in [4.78, 5) is 27.6. The number of hydrogen-bond acceptors (Lipinski definition) is 5. The quantitative estimate of drug-likeness (QED) is 0.549. The fourth-order valence-corrected chi connectivity index (χ4v) is 1.98. The van der Waals surface area contributed by atoms with E-state index < -0.39 is 11.9 Å². The molecule has 0 atom stereocenters. The topological polar surface area (TPSA) is 77.5 Å². The van der Waals surface area contributed by atoms with E-state index in [1.165, 1.54) is 18.9 Å². The molecule has 1 rings (SSSR count). The molecular formula is C19H26N2O4. The summed E-state index contributed by atoms with van der Waals surface area (Å²) in [5, 5.41) is 2.47. The number of hydrogen-bond donors (Lipinski definition) is 1. The Balaban J connectivity index is 2.35. The number of allylic oxidation sites excluding steroid dienone is 3. The van der Waals surface area contributed by atoms with Crippen LogP contribution in [-0.4, -0.2) is 37.1 Å². The first kappa shape index (κ1) is 20.4. The van der Waals surface area contributed by atoms with Crippen molar-refractivity contribution in [2.75, 3.05) is 20.3 Å². The molecule has 25 heavy (non-hydrogen) atoms. The first-order valence-electron chi connectivity index (χ1n) is 8.16. The van der Waals surface area contributed by atoms with Gasteiger partial charge in [0, 0.05) is 6.20 Å². The highest BCUT2D eigenvalue weighted by Gasteiger charge is 2.14. The average Bonchev–Trinajstić information content (AvgIpc) is 2.59. The van der Waals surface area contributed by atoms with Crippen molar-refractivity contribution in [3.8, 4) is 5.75 Å². The molecule has 0 saturated heterocycles. The second-order valence-corrected chi connectivity index (χ2v) is 5.79. The van der Waals surface area contributed by atoms with E-state index in [-0.39, 0.29) is 18.8 Å². The maximum atomic E-state index is 12.0. The molecule has 0 aliphatic rings. The number of methoxy groups -OCH3 is 1. The fraction of sp³-hybridized carbons (Fsp3) is 0.421. The van der Waals surface area contributed by atoms with Crippen molar-refractivity contribution in [2.24, 2.45) is 0 Å². The molecule has 0 saturated carbocycles. The number of aromatic nitrogens is 1. The van der Waals surface area contributed by atoms with Gasteiger partial charge < -0.3 is 14.8 Å². The smallest absolute Gasteiger partial charge is 0.325 e. The lowest BCUT2D eigenvalue weighted by atomic mass is 10.1. The Morgan fingerprint density at radius 2 is 2.00 bits per heavy atom. The Morgan fingerprint density at radius 1 is 1.24 bits per heavy atom. The van der Waals surface area contributed by atoms with Crippen molar-refractivity contribution in [2.45, 2.75) is 33.6 Å². The first-order chi connectivity index (χ1) is 11.9. The molecule has 1 amide bonds. The number of carbonyl (C=O) groups is 2. The molecule has 0 aliphatic carbocycles. The Labute approximate surface area is 148 Å². The van der Waals surface area contributed by atoms with Gasteiger partial charge in [-0.15, -0.1) is 0 Å². The van der Waals surface area contributed by atoms with Crippen molar-refractivity contribution in [3.05, 3.63) is 47.3 Å². The molecule has 136 valence electrons. The molecule has 6 nitrogen and oxygen atoms in total. The molecule has 0 unspecified atom stereocenters. The van der Waals surface area contributed by atoms with Crippen molar-refractivity contribution in [3.63, 3.8) is 0 Å². The summed E-state index contributed by atoms with van der Waals surface area (Å²) in [6, 6.07) is 3.29. The monoisotopic (exact) mass is 346 g/mol. The predicted molar refractivity (Wildman–Crippen MR) is 96.5 cm³/mol. The maximum absolute atomic E-state index is 12.0. The molecule has 1 aromatic heterocycles. The van der Waals surface area contributed by atoms with E-state index in [1.54, 1.807) is 12.1 Å². The zero-order valence-electron chi connectivity index (χ0n) is 15.3. The second-order valence-electron chi connectivity index (χ2n) is 5.79. The van der Waals surface area contributed by atoms with Crippen LogP contribution in [0.25, 0.3) is 0 Å². The van der Waals surface area contributed by atoms with Crippen LogP contribution in [0.5, 0.6) is 5.75 Å². The second kappa shape index (κ2) is 11.0. The third-order valence-electron chi connectivity index (χ3n) is 3.37. The van der Waals surface area contributed by atoms with Crippen LogP contribution >= 0.6 is 0 Å². The van der Waals surface area contributed by atoms with E-state index in [1.807, 2.05) is 13.0 Å². The molecule has 0 bridgehead atoms. The highest BCUT2D eigenvalue weighted by Crippen LogP contribution is 2.13. The number of amides is 1. The number of ether oxygens (including phenoxy) is 2. The summed E-state index contributed by atoms with van der Waals surface area (Å²) in [6.45, 7) is 6.11. The third-order valence-corrected chi connectivity index (χ3v) is 3.37. The number of pyridine rings is 1. The Bertz CT molecular complexity index is 647. The zero-order valence-corrected chi connectivity index (χ0v) is 15.3. The lowest BCUT2D eigenvalue weighted by Crippen LogP contribution is -2.31. The SMILES string of the molecule is COc1cccnc1C(=O)NCC(=O)OC/C=C(\C)CCC=C(C)C. The normalized spacial score (nSPS) is 10.8. The number of nitrogens with zero attached hydrogens (tertiary/aromatic N) is 1. The number of nitrogens with one attached hydrogen (secondary N) is 1. The summed E-state index contributed by atoms with van der Waals surface area (Å²) < 4.78 is 10.1. The van der Waals surface area contributed by atoms with Gasteiger partial charge in [-0.3, -0.25) is 9.59 Å². The summed E-state index contributed by atoms with van der Waals surface area (Å²) in [5.41, 5.74) is 2.58. The molecule has 6 heteroatoms. The largest absolute Gasteiger partial charge is 0.494 e. The molecule has 0 aromatic carbocycles. The van der Waals surface area contributed by atoms with Crippen LogP contribution in [0.4, 0.5) is 0 Å². The van der Waals surface area contributed by atoms with Gasteiger partial charge in [0.2, 0.25) is 0 Å². The zero-order chi connectivity index (χ0) is 18.7. The minimum absolute atomic E-state index is 0.132. The van der Waals surface area contributed by atoms with Crippen LogP contribution in [0, 0.1) is 0 Å². The Kier molecular flexibility index (Phi) is 9.00. The van der Waals surface area contributed by atoms with Gasteiger partial charge in [-0.05, 0) is 51.8 Å². The molecule has 1 aromatic rings. The van der Waals surface area contributed by atoms with Gasteiger partial charge in [0.25, 0.3) is 5.91 Å². The van der Waals surface area contributed by atoms with Gasteiger partial charge in [0.05, 0.1) is 7.11 Å². The summed E-state index contributed by atoms with van der Waals surface area (Å²) in [6.07, 6.45) is 7.43. The van der Waals surface area contributed by atoms with E-state index >= 15 is 0 Å². The van der Waals surface area contributed by atoms with Gasteiger partial charge >= 0.3 is 5.97 Å². The lowest BCUT2D eigenvalue weighted by molar-refractivity contribution is -0.141. The molecule has 1 heterocycles.